The summed E-state index contributed by atoms with van der Waals surface area (Å²) in [5, 5.41) is 15.3. The third-order valence-corrected chi connectivity index (χ3v) is 5.60. The third-order valence-electron chi connectivity index (χ3n) is 4.20. The van der Waals surface area contributed by atoms with Crippen LogP contribution in [0.3, 0.4) is 0 Å². The lowest BCUT2D eigenvalue weighted by atomic mass is 10.0. The van der Waals surface area contributed by atoms with Crippen molar-refractivity contribution in [1.82, 2.24) is 0 Å². The monoisotopic (exact) mass is 470 g/mol. The highest BCUT2D eigenvalue weighted by atomic mass is 35.5. The van der Waals surface area contributed by atoms with Gasteiger partial charge >= 0.3 is 5.97 Å². The molecule has 3 aromatic rings. The van der Waals surface area contributed by atoms with Crippen LogP contribution in [0.15, 0.2) is 59.5 Å². The average Bonchev–Trinajstić information content (AvgIpc) is 3.17. The number of nitrogens with zero attached hydrogens (tertiary/aromatic N) is 1. The van der Waals surface area contributed by atoms with Gasteiger partial charge in [-0.15, -0.1) is 11.3 Å². The van der Waals surface area contributed by atoms with Gasteiger partial charge in [-0.1, -0.05) is 47.5 Å². The van der Waals surface area contributed by atoms with Gasteiger partial charge in [-0.2, -0.15) is 5.26 Å². The minimum atomic E-state index is -0.632. The number of carbonyl (C=O) groups excluding carboxylic acids is 2. The van der Waals surface area contributed by atoms with Crippen LogP contribution in [0.25, 0.3) is 17.2 Å². The van der Waals surface area contributed by atoms with E-state index in [0.29, 0.717) is 26.2 Å². The van der Waals surface area contributed by atoms with Crippen molar-refractivity contribution in [1.29, 1.82) is 5.26 Å². The number of nitrogens with one attached hydrogen (secondary N) is 1. The molecule has 3 rings (SSSR count). The smallest absolute Gasteiger partial charge is 0.341 e. The van der Waals surface area contributed by atoms with Gasteiger partial charge in [-0.05, 0) is 48.4 Å². The molecule has 0 saturated heterocycles. The zero-order chi connectivity index (χ0) is 22.4. The molecule has 0 aliphatic heterocycles. The van der Waals surface area contributed by atoms with Gasteiger partial charge in [-0.25, -0.2) is 4.79 Å². The predicted octanol–water partition coefficient (Wildman–Crippen LogP) is 6.44. The number of thiophene rings is 1. The molecule has 2 aromatic carbocycles. The molecule has 31 heavy (non-hydrogen) atoms. The first kappa shape index (κ1) is 22.6. The highest BCUT2D eigenvalue weighted by Crippen LogP contribution is 2.37. The number of rotatable bonds is 6. The lowest BCUT2D eigenvalue weighted by Gasteiger charge is -2.09. The Morgan fingerprint density at radius 2 is 1.71 bits per heavy atom. The van der Waals surface area contributed by atoms with Crippen molar-refractivity contribution in [2.75, 3.05) is 11.9 Å². The van der Waals surface area contributed by atoms with Crippen LogP contribution in [0.4, 0.5) is 5.00 Å². The summed E-state index contributed by atoms with van der Waals surface area (Å²) in [6.07, 6.45) is 1.45. The SMILES string of the molecule is CCOC(=O)c1c(-c2ccc(Cl)cc2)csc1NC(=O)/C(C#N)=C/c1ccc(Cl)cc1. The van der Waals surface area contributed by atoms with Crippen LogP contribution < -0.4 is 5.32 Å². The quantitative estimate of drug-likeness (QED) is 0.255. The zero-order valence-electron chi connectivity index (χ0n) is 16.3. The summed E-state index contributed by atoms with van der Waals surface area (Å²) in [4.78, 5) is 25.4. The number of hydrogen-bond donors (Lipinski definition) is 1. The summed E-state index contributed by atoms with van der Waals surface area (Å²) in [5.41, 5.74) is 2.12. The Kier molecular flexibility index (Phi) is 7.48. The van der Waals surface area contributed by atoms with Gasteiger partial charge in [-0.3, -0.25) is 4.79 Å². The molecule has 0 aliphatic carbocycles. The Hall–Kier alpha value is -3.11. The maximum absolute atomic E-state index is 12.7. The van der Waals surface area contributed by atoms with Crippen molar-refractivity contribution in [3.8, 4) is 17.2 Å². The van der Waals surface area contributed by atoms with Crippen LogP contribution in [0, 0.1) is 11.3 Å². The first-order chi connectivity index (χ1) is 14.9. The maximum atomic E-state index is 12.7. The van der Waals surface area contributed by atoms with Crippen LogP contribution in [0.1, 0.15) is 22.8 Å². The second-order valence-corrected chi connectivity index (χ2v) is 8.01. The molecule has 0 unspecified atom stereocenters. The van der Waals surface area contributed by atoms with Crippen LogP contribution in [0.5, 0.6) is 0 Å². The molecule has 5 nitrogen and oxygen atoms in total. The molecule has 0 bridgehead atoms. The molecule has 0 spiro atoms. The molecular weight excluding hydrogens is 455 g/mol. The molecule has 8 heteroatoms. The Morgan fingerprint density at radius 1 is 1.10 bits per heavy atom. The molecule has 1 amide bonds. The van der Waals surface area contributed by atoms with Gasteiger partial charge < -0.3 is 10.1 Å². The molecule has 0 radical (unpaired) electrons. The highest BCUT2D eigenvalue weighted by Gasteiger charge is 2.23. The Labute approximate surface area is 193 Å². The predicted molar refractivity (Wildman–Crippen MR) is 124 cm³/mol. The average molecular weight is 471 g/mol. The lowest BCUT2D eigenvalue weighted by Crippen LogP contribution is -2.16. The number of halogens is 2. The number of benzene rings is 2. The molecule has 1 heterocycles. The maximum Gasteiger partial charge on any atom is 0.341 e. The Balaban J connectivity index is 1.95. The first-order valence-corrected chi connectivity index (χ1v) is 10.8. The summed E-state index contributed by atoms with van der Waals surface area (Å²) in [6.45, 7) is 1.88. The zero-order valence-corrected chi connectivity index (χ0v) is 18.6. The van der Waals surface area contributed by atoms with E-state index >= 15 is 0 Å². The summed E-state index contributed by atoms with van der Waals surface area (Å²) in [6, 6.07) is 15.6. The topological polar surface area (TPSA) is 79.2 Å². The van der Waals surface area contributed by atoms with Crippen molar-refractivity contribution >= 4 is 57.5 Å². The van der Waals surface area contributed by atoms with Gasteiger partial charge in [0.25, 0.3) is 5.91 Å². The van der Waals surface area contributed by atoms with E-state index in [1.54, 1.807) is 60.8 Å². The fraction of sp³-hybridized carbons (Fsp3) is 0.0870. The van der Waals surface area contributed by atoms with Gasteiger partial charge in [0.1, 0.15) is 22.2 Å². The lowest BCUT2D eigenvalue weighted by molar-refractivity contribution is -0.112. The van der Waals surface area contributed by atoms with E-state index in [0.717, 1.165) is 5.56 Å². The summed E-state index contributed by atoms with van der Waals surface area (Å²) in [5.74, 6) is -1.20. The third kappa shape index (κ3) is 5.53. The van der Waals surface area contributed by atoms with E-state index in [-0.39, 0.29) is 17.7 Å². The van der Waals surface area contributed by atoms with E-state index in [1.165, 1.54) is 17.4 Å². The summed E-state index contributed by atoms with van der Waals surface area (Å²) in [7, 11) is 0. The minimum Gasteiger partial charge on any atom is -0.462 e. The molecule has 156 valence electrons. The summed E-state index contributed by atoms with van der Waals surface area (Å²) < 4.78 is 5.19. The normalized spacial score (nSPS) is 11.0. The Morgan fingerprint density at radius 3 is 2.29 bits per heavy atom. The van der Waals surface area contributed by atoms with Crippen molar-refractivity contribution in [2.24, 2.45) is 0 Å². The molecule has 1 aromatic heterocycles. The highest BCUT2D eigenvalue weighted by molar-refractivity contribution is 7.15. The largest absolute Gasteiger partial charge is 0.462 e. The van der Waals surface area contributed by atoms with E-state index in [2.05, 4.69) is 5.32 Å². The number of hydrogen-bond acceptors (Lipinski definition) is 5. The van der Waals surface area contributed by atoms with Crippen LogP contribution in [0.2, 0.25) is 10.0 Å². The molecule has 0 fully saturated rings. The van der Waals surface area contributed by atoms with E-state index in [4.69, 9.17) is 27.9 Å². The van der Waals surface area contributed by atoms with Crippen LogP contribution >= 0.6 is 34.5 Å². The van der Waals surface area contributed by atoms with Crippen LogP contribution in [-0.2, 0) is 9.53 Å². The van der Waals surface area contributed by atoms with Gasteiger partial charge in [0.15, 0.2) is 0 Å². The first-order valence-electron chi connectivity index (χ1n) is 9.16. The van der Waals surface area contributed by atoms with Gasteiger partial charge in [0.2, 0.25) is 0 Å². The van der Waals surface area contributed by atoms with Crippen molar-refractivity contribution in [3.05, 3.63) is 80.7 Å². The van der Waals surface area contributed by atoms with E-state index < -0.39 is 11.9 Å². The number of nitriles is 1. The standard InChI is InChI=1S/C23H16Cl2N2O3S/c1-2-30-23(29)20-19(15-5-9-18(25)10-6-15)13-31-22(20)27-21(28)16(12-26)11-14-3-7-17(24)8-4-14/h3-11,13H,2H2,1H3,(H,27,28)/b16-11+. The molecular formula is C23H16Cl2N2O3S. The fourth-order valence-corrected chi connectivity index (χ4v) is 3.95. The molecule has 0 saturated carbocycles. The number of amides is 1. The number of esters is 1. The van der Waals surface area contributed by atoms with Crippen LogP contribution in [-0.4, -0.2) is 18.5 Å². The van der Waals surface area contributed by atoms with E-state index in [1.807, 2.05) is 6.07 Å². The number of anilines is 1. The fourth-order valence-electron chi connectivity index (χ4n) is 2.74. The van der Waals surface area contributed by atoms with Gasteiger partial charge in [0, 0.05) is 21.0 Å². The van der Waals surface area contributed by atoms with Gasteiger partial charge in [0.05, 0.1) is 6.61 Å². The van der Waals surface area contributed by atoms with E-state index in [9.17, 15) is 14.9 Å². The number of ether oxygens (including phenoxy) is 1. The molecule has 1 N–H and O–H groups in total. The van der Waals surface area contributed by atoms with Crippen molar-refractivity contribution < 1.29 is 14.3 Å². The Bertz CT molecular complexity index is 1180. The number of carbonyl (C=O) groups is 2. The second-order valence-electron chi connectivity index (χ2n) is 6.26. The second kappa shape index (κ2) is 10.3. The minimum absolute atomic E-state index is 0.112. The molecule has 0 aliphatic rings. The van der Waals surface area contributed by atoms with Crippen molar-refractivity contribution in [3.63, 3.8) is 0 Å². The van der Waals surface area contributed by atoms with Crippen molar-refractivity contribution in [2.45, 2.75) is 6.92 Å². The molecule has 0 atom stereocenters. The summed E-state index contributed by atoms with van der Waals surface area (Å²) >= 11 is 13.0.